The lowest BCUT2D eigenvalue weighted by molar-refractivity contribution is 0.161. The van der Waals surface area contributed by atoms with Crippen molar-refractivity contribution in [1.82, 2.24) is 0 Å². The summed E-state index contributed by atoms with van der Waals surface area (Å²) >= 11 is 0. The van der Waals surface area contributed by atoms with E-state index in [1.54, 1.807) is 0 Å². The summed E-state index contributed by atoms with van der Waals surface area (Å²) in [6.07, 6.45) is 17.9. The van der Waals surface area contributed by atoms with Crippen LogP contribution in [0.3, 0.4) is 0 Å². The highest BCUT2D eigenvalue weighted by atomic mass is 14.5. The summed E-state index contributed by atoms with van der Waals surface area (Å²) in [5.41, 5.74) is 1.88. The fraction of sp³-hybridized carbons (Fsp3) is 0.750. The second-order valence-electron chi connectivity index (χ2n) is 6.39. The van der Waals surface area contributed by atoms with E-state index in [-0.39, 0.29) is 0 Å². The minimum Gasteiger partial charge on any atom is -0.0808 e. The Morgan fingerprint density at radius 3 is 2.75 bits per heavy atom. The molecule has 0 heteroatoms. The van der Waals surface area contributed by atoms with E-state index in [2.05, 4.69) is 18.2 Å². The molecule has 3 saturated carbocycles. The highest BCUT2D eigenvalue weighted by Gasteiger charge is 2.50. The first-order valence-electron chi connectivity index (χ1n) is 7.33. The average Bonchev–Trinajstić information content (AvgIpc) is 2.68. The largest absolute Gasteiger partial charge is 0.0808 e. The monoisotopic (exact) mass is 214 g/mol. The third-order valence-corrected chi connectivity index (χ3v) is 5.83. The van der Waals surface area contributed by atoms with Gasteiger partial charge in [0.1, 0.15) is 0 Å². The van der Waals surface area contributed by atoms with Crippen molar-refractivity contribution in [3.8, 4) is 0 Å². The van der Waals surface area contributed by atoms with Crippen molar-refractivity contribution in [2.75, 3.05) is 0 Å². The van der Waals surface area contributed by atoms with Gasteiger partial charge in [0.2, 0.25) is 0 Å². The lowest BCUT2D eigenvalue weighted by Gasteiger charge is -2.36. The number of hydrogen-bond donors (Lipinski definition) is 0. The highest BCUT2D eigenvalue weighted by Crippen LogP contribution is 2.59. The zero-order valence-corrected chi connectivity index (χ0v) is 10.1. The molecule has 3 fully saturated rings. The lowest BCUT2D eigenvalue weighted by atomic mass is 9.68. The van der Waals surface area contributed by atoms with E-state index in [4.69, 9.17) is 0 Å². The Hall–Kier alpha value is -0.520. The Morgan fingerprint density at radius 2 is 1.75 bits per heavy atom. The van der Waals surface area contributed by atoms with Crippen LogP contribution >= 0.6 is 0 Å². The summed E-state index contributed by atoms with van der Waals surface area (Å²) in [6, 6.07) is 0. The molecule has 0 nitrogen and oxygen atoms in total. The quantitative estimate of drug-likeness (QED) is 0.563. The predicted octanol–water partition coefficient (Wildman–Crippen LogP) is 4.34. The smallest absolute Gasteiger partial charge is 0.0103 e. The molecule has 0 spiro atoms. The topological polar surface area (TPSA) is 0 Å². The second kappa shape index (κ2) is 3.48. The molecule has 0 bridgehead atoms. The Labute approximate surface area is 98.8 Å². The molecule has 0 amide bonds. The van der Waals surface area contributed by atoms with Crippen LogP contribution in [0.15, 0.2) is 23.8 Å². The van der Waals surface area contributed by atoms with Gasteiger partial charge in [0.15, 0.2) is 0 Å². The van der Waals surface area contributed by atoms with Gasteiger partial charge in [-0.2, -0.15) is 0 Å². The Balaban J connectivity index is 1.76. The first-order chi connectivity index (χ1) is 7.95. The van der Waals surface area contributed by atoms with E-state index in [1.807, 2.05) is 5.57 Å². The number of hydrogen-bond acceptors (Lipinski definition) is 0. The molecule has 5 atom stereocenters. The van der Waals surface area contributed by atoms with Gasteiger partial charge < -0.3 is 0 Å². The van der Waals surface area contributed by atoms with Gasteiger partial charge in [-0.1, -0.05) is 43.1 Å². The van der Waals surface area contributed by atoms with Crippen molar-refractivity contribution in [3.63, 3.8) is 0 Å². The third kappa shape index (κ3) is 1.16. The van der Waals surface area contributed by atoms with Crippen molar-refractivity contribution in [1.29, 1.82) is 0 Å². The maximum atomic E-state index is 2.51. The standard InChI is InChI=1S/C16H22/c1-2-8-13-12(7-1)14-9-3-5-11-6-4-10-15(13)16(11)14/h3,5,9,11-13,15-16H,1-2,4,6-8,10H2. The first-order valence-corrected chi connectivity index (χ1v) is 7.33. The van der Waals surface area contributed by atoms with Crippen molar-refractivity contribution >= 4 is 0 Å². The van der Waals surface area contributed by atoms with E-state index in [9.17, 15) is 0 Å². The van der Waals surface area contributed by atoms with Crippen molar-refractivity contribution in [3.05, 3.63) is 23.8 Å². The number of allylic oxidation sites excluding steroid dienone is 4. The van der Waals surface area contributed by atoms with E-state index in [0.29, 0.717) is 0 Å². The molecule has 0 aromatic rings. The van der Waals surface area contributed by atoms with Gasteiger partial charge in [0.05, 0.1) is 0 Å². The molecule has 4 aliphatic carbocycles. The molecule has 0 N–H and O–H groups in total. The summed E-state index contributed by atoms with van der Waals surface area (Å²) in [5, 5.41) is 0. The van der Waals surface area contributed by atoms with Crippen LogP contribution in [0.2, 0.25) is 0 Å². The predicted molar refractivity (Wildman–Crippen MR) is 67.0 cm³/mol. The van der Waals surface area contributed by atoms with Crippen molar-refractivity contribution in [2.45, 2.75) is 44.9 Å². The third-order valence-electron chi connectivity index (χ3n) is 5.83. The van der Waals surface area contributed by atoms with Crippen LogP contribution in [0, 0.1) is 29.6 Å². The molecule has 0 aromatic carbocycles. The zero-order valence-electron chi connectivity index (χ0n) is 10.1. The highest BCUT2D eigenvalue weighted by molar-refractivity contribution is 5.32. The Morgan fingerprint density at radius 1 is 0.875 bits per heavy atom. The van der Waals surface area contributed by atoms with Crippen LogP contribution < -0.4 is 0 Å². The minimum absolute atomic E-state index is 0.921. The number of fused-ring (bicyclic) bond motifs is 3. The van der Waals surface area contributed by atoms with E-state index >= 15 is 0 Å². The van der Waals surface area contributed by atoms with Crippen LogP contribution in [0.25, 0.3) is 0 Å². The number of rotatable bonds is 0. The molecule has 16 heavy (non-hydrogen) atoms. The maximum absolute atomic E-state index is 2.51. The lowest BCUT2D eigenvalue weighted by Crippen LogP contribution is -2.28. The van der Waals surface area contributed by atoms with E-state index in [1.165, 1.54) is 44.9 Å². The SMILES string of the molecule is C1=CC2CCCC3C4CCCCC4C(=C1)C23. The Kier molecular flexibility index (Phi) is 2.07. The van der Waals surface area contributed by atoms with Crippen LogP contribution in [0.5, 0.6) is 0 Å². The summed E-state index contributed by atoms with van der Waals surface area (Å²) < 4.78 is 0. The molecule has 4 aliphatic rings. The van der Waals surface area contributed by atoms with Gasteiger partial charge in [0, 0.05) is 0 Å². The molecule has 5 unspecified atom stereocenters. The molecule has 4 rings (SSSR count). The van der Waals surface area contributed by atoms with Crippen LogP contribution in [0.4, 0.5) is 0 Å². The van der Waals surface area contributed by atoms with Crippen LogP contribution in [0.1, 0.15) is 44.9 Å². The molecule has 0 aromatic heterocycles. The molecule has 86 valence electrons. The molecule has 0 saturated heterocycles. The molecule has 0 radical (unpaired) electrons. The molecule has 0 heterocycles. The summed E-state index contributed by atoms with van der Waals surface area (Å²) in [6.45, 7) is 0. The fourth-order valence-electron chi connectivity index (χ4n) is 5.33. The van der Waals surface area contributed by atoms with Gasteiger partial charge in [-0.05, 0) is 55.3 Å². The molecule has 0 aliphatic heterocycles. The van der Waals surface area contributed by atoms with Crippen LogP contribution in [-0.4, -0.2) is 0 Å². The molecular weight excluding hydrogens is 192 g/mol. The summed E-state index contributed by atoms with van der Waals surface area (Å²) in [5.74, 6) is 5.04. The first kappa shape index (κ1) is 9.50. The summed E-state index contributed by atoms with van der Waals surface area (Å²) in [4.78, 5) is 0. The summed E-state index contributed by atoms with van der Waals surface area (Å²) in [7, 11) is 0. The molecular formula is C16H22. The average molecular weight is 214 g/mol. The van der Waals surface area contributed by atoms with Gasteiger partial charge in [-0.25, -0.2) is 0 Å². The van der Waals surface area contributed by atoms with Crippen LogP contribution in [-0.2, 0) is 0 Å². The fourth-order valence-corrected chi connectivity index (χ4v) is 5.33. The normalized spacial score (nSPS) is 49.5. The van der Waals surface area contributed by atoms with Crippen molar-refractivity contribution in [2.24, 2.45) is 29.6 Å². The van der Waals surface area contributed by atoms with Crippen molar-refractivity contribution < 1.29 is 0 Å². The van der Waals surface area contributed by atoms with E-state index in [0.717, 1.165) is 29.6 Å². The maximum Gasteiger partial charge on any atom is -0.0103 e. The zero-order chi connectivity index (χ0) is 10.5. The van der Waals surface area contributed by atoms with E-state index < -0.39 is 0 Å². The Bertz CT molecular complexity index is 349. The van der Waals surface area contributed by atoms with Gasteiger partial charge in [-0.3, -0.25) is 0 Å². The minimum atomic E-state index is 0.921. The second-order valence-corrected chi connectivity index (χ2v) is 6.39. The van der Waals surface area contributed by atoms with Gasteiger partial charge in [-0.15, -0.1) is 0 Å². The van der Waals surface area contributed by atoms with Gasteiger partial charge >= 0.3 is 0 Å². The van der Waals surface area contributed by atoms with Gasteiger partial charge in [0.25, 0.3) is 0 Å².